The van der Waals surface area contributed by atoms with Gasteiger partial charge < -0.3 is 4.74 Å². The molecular formula is C27H17ClN2O3S2. The molecule has 0 unspecified atom stereocenters. The van der Waals surface area contributed by atoms with E-state index in [9.17, 15) is 9.59 Å². The van der Waals surface area contributed by atoms with Crippen LogP contribution in [-0.2, 0) is 9.59 Å². The van der Waals surface area contributed by atoms with Gasteiger partial charge in [-0.05, 0) is 84.5 Å². The van der Waals surface area contributed by atoms with Gasteiger partial charge in [0, 0.05) is 14.8 Å². The number of halogens is 1. The largest absolute Gasteiger partial charge is 0.457 e. The fraction of sp³-hybridized carbons (Fsp3) is 0. The molecule has 1 aromatic heterocycles. The zero-order chi connectivity index (χ0) is 24.4. The average molecular weight is 517 g/mol. The summed E-state index contributed by atoms with van der Waals surface area (Å²) in [5.74, 6) is 0.304. The summed E-state index contributed by atoms with van der Waals surface area (Å²) in [4.78, 5) is 29.0. The third-order valence-corrected chi connectivity index (χ3v) is 6.84. The molecule has 5 rings (SSSR count). The normalized spacial score (nSPS) is 14.8. The van der Waals surface area contributed by atoms with Gasteiger partial charge in [0.25, 0.3) is 11.8 Å². The zero-order valence-electron chi connectivity index (χ0n) is 18.1. The first-order chi connectivity index (χ1) is 17.0. The highest BCUT2D eigenvalue weighted by atomic mass is 35.5. The summed E-state index contributed by atoms with van der Waals surface area (Å²) in [6.45, 7) is 0. The van der Waals surface area contributed by atoms with Crippen LogP contribution in [0.4, 0.5) is 5.69 Å². The lowest BCUT2D eigenvalue weighted by Gasteiger charge is -2.28. The Balaban J connectivity index is 1.38. The van der Waals surface area contributed by atoms with Crippen molar-refractivity contribution in [2.24, 2.45) is 0 Å². The molecule has 3 aromatic carbocycles. The van der Waals surface area contributed by atoms with Crippen molar-refractivity contribution in [2.45, 2.75) is 0 Å². The third kappa shape index (κ3) is 5.02. The monoisotopic (exact) mass is 516 g/mol. The van der Waals surface area contributed by atoms with Crippen molar-refractivity contribution in [3.05, 3.63) is 106 Å². The molecule has 0 saturated carbocycles. The maximum atomic E-state index is 13.3. The number of nitrogens with one attached hydrogen (secondary N) is 1. The van der Waals surface area contributed by atoms with Gasteiger partial charge in [-0.15, -0.1) is 11.3 Å². The Labute approximate surface area is 216 Å². The molecular weight excluding hydrogens is 500 g/mol. The first-order valence-electron chi connectivity index (χ1n) is 10.6. The number of benzene rings is 3. The van der Waals surface area contributed by atoms with Crippen LogP contribution in [0.3, 0.4) is 0 Å². The van der Waals surface area contributed by atoms with Crippen LogP contribution in [0.2, 0.25) is 5.02 Å². The molecule has 172 valence electrons. The number of amides is 2. The SMILES string of the molecule is O=C1NC(=S)N(c2ccc(Oc3ccccc3)cc2)C(=O)/C1=C/c1ccc(-c2ccc(Cl)cc2)s1. The van der Waals surface area contributed by atoms with E-state index in [0.717, 1.165) is 15.3 Å². The summed E-state index contributed by atoms with van der Waals surface area (Å²) >= 11 is 12.8. The van der Waals surface area contributed by atoms with Crippen molar-refractivity contribution in [3.8, 4) is 21.9 Å². The summed E-state index contributed by atoms with van der Waals surface area (Å²) in [6.07, 6.45) is 1.59. The number of hydrogen-bond acceptors (Lipinski definition) is 5. The van der Waals surface area contributed by atoms with Gasteiger partial charge in [0.15, 0.2) is 5.11 Å². The maximum absolute atomic E-state index is 13.3. The first kappa shape index (κ1) is 23.0. The quantitative estimate of drug-likeness (QED) is 0.182. The second-order valence-corrected chi connectivity index (χ2v) is 9.51. The van der Waals surface area contributed by atoms with E-state index in [2.05, 4.69) is 5.32 Å². The lowest BCUT2D eigenvalue weighted by molar-refractivity contribution is -0.122. The van der Waals surface area contributed by atoms with Crippen molar-refractivity contribution in [1.29, 1.82) is 0 Å². The molecule has 8 heteroatoms. The number of rotatable bonds is 5. The Morgan fingerprint density at radius 3 is 2.26 bits per heavy atom. The van der Waals surface area contributed by atoms with Gasteiger partial charge in [-0.3, -0.25) is 19.8 Å². The predicted molar refractivity (Wildman–Crippen MR) is 144 cm³/mol. The minimum absolute atomic E-state index is 0.00715. The van der Waals surface area contributed by atoms with E-state index >= 15 is 0 Å². The lowest BCUT2D eigenvalue weighted by Crippen LogP contribution is -2.54. The van der Waals surface area contributed by atoms with Crippen molar-refractivity contribution in [3.63, 3.8) is 0 Å². The van der Waals surface area contributed by atoms with E-state index < -0.39 is 11.8 Å². The van der Waals surface area contributed by atoms with Gasteiger partial charge >= 0.3 is 0 Å². The fourth-order valence-corrected chi connectivity index (χ4v) is 4.89. The van der Waals surface area contributed by atoms with Crippen LogP contribution < -0.4 is 15.0 Å². The third-order valence-electron chi connectivity index (χ3n) is 5.22. The Morgan fingerprint density at radius 1 is 0.857 bits per heavy atom. The number of carbonyl (C=O) groups excluding carboxylic acids is 2. The van der Waals surface area contributed by atoms with Crippen LogP contribution in [0.1, 0.15) is 4.88 Å². The highest BCUT2D eigenvalue weighted by molar-refractivity contribution is 7.80. The van der Waals surface area contributed by atoms with Gasteiger partial charge in [0.1, 0.15) is 17.1 Å². The van der Waals surface area contributed by atoms with Crippen molar-refractivity contribution in [2.75, 3.05) is 4.90 Å². The molecule has 1 saturated heterocycles. The number of nitrogens with zero attached hydrogens (tertiary/aromatic N) is 1. The van der Waals surface area contributed by atoms with Crippen molar-refractivity contribution >= 4 is 63.8 Å². The molecule has 0 spiro atoms. The average Bonchev–Trinajstić information content (AvgIpc) is 3.32. The Hall–Kier alpha value is -3.78. The second-order valence-electron chi connectivity index (χ2n) is 7.58. The summed E-state index contributed by atoms with van der Waals surface area (Å²) in [5.41, 5.74) is 1.54. The second kappa shape index (κ2) is 9.84. The summed E-state index contributed by atoms with van der Waals surface area (Å²) in [6, 6.07) is 27.6. The molecule has 1 aliphatic heterocycles. The van der Waals surface area contributed by atoms with E-state index in [1.165, 1.54) is 16.2 Å². The number of thiocarbonyl (C=S) groups is 1. The summed E-state index contributed by atoms with van der Waals surface area (Å²) in [5, 5.41) is 3.31. The van der Waals surface area contributed by atoms with Crippen LogP contribution in [0, 0.1) is 0 Å². The Kier molecular flexibility index (Phi) is 6.46. The van der Waals surface area contributed by atoms with Crippen molar-refractivity contribution in [1.82, 2.24) is 5.32 Å². The Bertz CT molecular complexity index is 1450. The highest BCUT2D eigenvalue weighted by Crippen LogP contribution is 2.32. The molecule has 1 N–H and O–H groups in total. The van der Waals surface area contributed by atoms with Gasteiger partial charge in [0.05, 0.1) is 5.69 Å². The van der Waals surface area contributed by atoms with E-state index in [1.54, 1.807) is 30.3 Å². The van der Waals surface area contributed by atoms with Crippen LogP contribution in [0.15, 0.2) is 96.6 Å². The highest BCUT2D eigenvalue weighted by Gasteiger charge is 2.34. The lowest BCUT2D eigenvalue weighted by atomic mass is 10.1. The smallest absolute Gasteiger partial charge is 0.270 e. The number of thiophene rings is 1. The minimum Gasteiger partial charge on any atom is -0.457 e. The molecule has 2 heterocycles. The summed E-state index contributed by atoms with van der Waals surface area (Å²) in [7, 11) is 0. The number of ether oxygens (including phenoxy) is 1. The minimum atomic E-state index is -0.526. The molecule has 0 bridgehead atoms. The van der Waals surface area contributed by atoms with Crippen LogP contribution >= 0.6 is 35.2 Å². The standard InChI is InChI=1S/C27H17ClN2O3S2/c28-18-8-6-17(7-9-18)24-15-14-22(35-24)16-23-25(31)29-27(34)30(26(23)32)19-10-12-21(13-11-19)33-20-4-2-1-3-5-20/h1-16H,(H,29,31,34)/b23-16+. The van der Waals surface area contributed by atoms with Crippen LogP contribution in [-0.4, -0.2) is 16.9 Å². The van der Waals surface area contributed by atoms with Gasteiger partial charge in [-0.25, -0.2) is 0 Å². The van der Waals surface area contributed by atoms with E-state index in [4.69, 9.17) is 28.6 Å². The number of para-hydroxylation sites is 1. The first-order valence-corrected chi connectivity index (χ1v) is 12.2. The van der Waals surface area contributed by atoms with E-state index in [1.807, 2.05) is 66.7 Å². The number of anilines is 1. The summed E-state index contributed by atoms with van der Waals surface area (Å²) < 4.78 is 5.81. The molecule has 0 radical (unpaired) electrons. The van der Waals surface area contributed by atoms with Gasteiger partial charge in [-0.1, -0.05) is 41.9 Å². The molecule has 1 fully saturated rings. The zero-order valence-corrected chi connectivity index (χ0v) is 20.5. The molecule has 5 nitrogen and oxygen atoms in total. The number of hydrogen-bond donors (Lipinski definition) is 1. The topological polar surface area (TPSA) is 58.6 Å². The van der Waals surface area contributed by atoms with Gasteiger partial charge in [0.2, 0.25) is 0 Å². The molecule has 4 aromatic rings. The Morgan fingerprint density at radius 2 is 1.54 bits per heavy atom. The molecule has 35 heavy (non-hydrogen) atoms. The van der Waals surface area contributed by atoms with E-state index in [-0.39, 0.29) is 10.7 Å². The molecule has 0 atom stereocenters. The van der Waals surface area contributed by atoms with Crippen LogP contribution in [0.5, 0.6) is 11.5 Å². The fourth-order valence-electron chi connectivity index (χ4n) is 3.52. The van der Waals surface area contributed by atoms with Crippen molar-refractivity contribution < 1.29 is 14.3 Å². The number of carbonyl (C=O) groups is 2. The maximum Gasteiger partial charge on any atom is 0.270 e. The molecule has 2 amide bonds. The molecule has 1 aliphatic rings. The predicted octanol–water partition coefficient (Wildman–Crippen LogP) is 6.69. The van der Waals surface area contributed by atoms with E-state index in [0.29, 0.717) is 22.2 Å². The van der Waals surface area contributed by atoms with Gasteiger partial charge in [-0.2, -0.15) is 0 Å². The molecule has 0 aliphatic carbocycles. The van der Waals surface area contributed by atoms with Crippen LogP contribution in [0.25, 0.3) is 16.5 Å².